The highest BCUT2D eigenvalue weighted by Gasteiger charge is 2.30. The molecule has 2 N–H and O–H groups in total. The SMILES string of the molecule is CC(C)C(NS(=O)(=O)c1ccc(Cl)cc1)C(=O)OCC(=O)c1ccc[nH]1. The van der Waals surface area contributed by atoms with Crippen molar-refractivity contribution in [2.24, 2.45) is 5.92 Å². The Balaban J connectivity index is 2.06. The quantitative estimate of drug-likeness (QED) is 0.524. The van der Waals surface area contributed by atoms with Gasteiger partial charge in [-0.3, -0.25) is 9.59 Å². The van der Waals surface area contributed by atoms with E-state index in [4.69, 9.17) is 16.3 Å². The number of halogens is 1. The van der Waals surface area contributed by atoms with Crippen molar-refractivity contribution < 1.29 is 22.7 Å². The molecule has 1 aromatic heterocycles. The topological polar surface area (TPSA) is 105 Å². The number of hydrogen-bond donors (Lipinski definition) is 2. The zero-order valence-corrected chi connectivity index (χ0v) is 15.8. The number of carbonyl (C=O) groups is 2. The summed E-state index contributed by atoms with van der Waals surface area (Å²) in [6.45, 7) is 2.86. The molecule has 1 aromatic carbocycles. The lowest BCUT2D eigenvalue weighted by atomic mass is 10.1. The highest BCUT2D eigenvalue weighted by Crippen LogP contribution is 2.16. The van der Waals surface area contributed by atoms with Crippen molar-refractivity contribution >= 4 is 33.4 Å². The minimum Gasteiger partial charge on any atom is -0.456 e. The molecule has 0 amide bonds. The van der Waals surface area contributed by atoms with Crippen LogP contribution < -0.4 is 4.72 Å². The van der Waals surface area contributed by atoms with Gasteiger partial charge in [-0.05, 0) is 42.3 Å². The molecule has 0 aliphatic rings. The number of H-pyrrole nitrogens is 1. The van der Waals surface area contributed by atoms with Crippen LogP contribution in [0.5, 0.6) is 0 Å². The Morgan fingerprint density at radius 2 is 1.85 bits per heavy atom. The summed E-state index contributed by atoms with van der Waals surface area (Å²) in [5.41, 5.74) is 0.306. The molecule has 7 nitrogen and oxygen atoms in total. The van der Waals surface area contributed by atoms with Crippen molar-refractivity contribution in [2.45, 2.75) is 24.8 Å². The van der Waals surface area contributed by atoms with Crippen LogP contribution in [0.1, 0.15) is 24.3 Å². The van der Waals surface area contributed by atoms with E-state index in [-0.39, 0.29) is 10.8 Å². The van der Waals surface area contributed by atoms with Crippen LogP contribution in [-0.2, 0) is 19.6 Å². The maximum absolute atomic E-state index is 12.5. The Hall–Kier alpha value is -2.16. The Morgan fingerprint density at radius 3 is 2.38 bits per heavy atom. The zero-order chi connectivity index (χ0) is 19.3. The summed E-state index contributed by atoms with van der Waals surface area (Å²) in [6, 6.07) is 7.62. The lowest BCUT2D eigenvalue weighted by molar-refractivity contribution is -0.145. The summed E-state index contributed by atoms with van der Waals surface area (Å²) >= 11 is 5.76. The monoisotopic (exact) mass is 398 g/mol. The third-order valence-electron chi connectivity index (χ3n) is 3.57. The number of rotatable bonds is 8. The van der Waals surface area contributed by atoms with Gasteiger partial charge in [-0.15, -0.1) is 0 Å². The Labute approximate surface area is 156 Å². The Morgan fingerprint density at radius 1 is 1.19 bits per heavy atom. The smallest absolute Gasteiger partial charge is 0.324 e. The highest BCUT2D eigenvalue weighted by molar-refractivity contribution is 7.89. The number of benzene rings is 1. The molecular formula is C17H19ClN2O5S. The molecule has 2 rings (SSSR count). The van der Waals surface area contributed by atoms with Crippen LogP contribution in [0, 0.1) is 5.92 Å². The molecule has 0 fully saturated rings. The van der Waals surface area contributed by atoms with E-state index in [9.17, 15) is 18.0 Å². The van der Waals surface area contributed by atoms with Crippen LogP contribution in [0.2, 0.25) is 5.02 Å². The van der Waals surface area contributed by atoms with E-state index in [0.29, 0.717) is 10.7 Å². The fraction of sp³-hybridized carbons (Fsp3) is 0.294. The molecule has 0 aliphatic carbocycles. The number of Topliss-reactive ketones (excluding diaryl/α,β-unsaturated/α-hetero) is 1. The number of nitrogens with one attached hydrogen (secondary N) is 2. The molecule has 26 heavy (non-hydrogen) atoms. The number of ketones is 1. The maximum atomic E-state index is 12.5. The Bertz CT molecular complexity index is 861. The van der Waals surface area contributed by atoms with Gasteiger partial charge in [0.1, 0.15) is 6.04 Å². The fourth-order valence-corrected chi connectivity index (χ4v) is 3.57. The lowest BCUT2D eigenvalue weighted by Gasteiger charge is -2.20. The minimum absolute atomic E-state index is 0.0252. The molecule has 0 radical (unpaired) electrons. The summed E-state index contributed by atoms with van der Waals surface area (Å²) < 4.78 is 32.2. The van der Waals surface area contributed by atoms with Crippen molar-refractivity contribution in [1.29, 1.82) is 0 Å². The number of hydrogen-bond acceptors (Lipinski definition) is 5. The van der Waals surface area contributed by atoms with Gasteiger partial charge in [0.2, 0.25) is 15.8 Å². The van der Waals surface area contributed by atoms with E-state index in [1.165, 1.54) is 24.3 Å². The second-order valence-electron chi connectivity index (χ2n) is 5.91. The number of aromatic amines is 1. The van der Waals surface area contributed by atoms with Crippen molar-refractivity contribution in [3.8, 4) is 0 Å². The van der Waals surface area contributed by atoms with Gasteiger partial charge in [-0.2, -0.15) is 4.72 Å². The first-order valence-corrected chi connectivity index (χ1v) is 9.68. The van der Waals surface area contributed by atoms with Gasteiger partial charge < -0.3 is 9.72 Å². The van der Waals surface area contributed by atoms with Crippen LogP contribution in [0.25, 0.3) is 0 Å². The van der Waals surface area contributed by atoms with E-state index in [1.807, 2.05) is 0 Å². The summed E-state index contributed by atoms with van der Waals surface area (Å²) in [6.07, 6.45) is 1.58. The molecular weight excluding hydrogens is 380 g/mol. The fourth-order valence-electron chi connectivity index (χ4n) is 2.11. The number of esters is 1. The number of sulfonamides is 1. The second-order valence-corrected chi connectivity index (χ2v) is 8.06. The van der Waals surface area contributed by atoms with E-state index in [1.54, 1.807) is 32.2 Å². The maximum Gasteiger partial charge on any atom is 0.324 e. The predicted molar refractivity (Wildman–Crippen MR) is 96.5 cm³/mol. The van der Waals surface area contributed by atoms with Gasteiger partial charge in [0.15, 0.2) is 6.61 Å². The molecule has 1 atom stereocenters. The van der Waals surface area contributed by atoms with E-state index >= 15 is 0 Å². The number of carbonyl (C=O) groups excluding carboxylic acids is 2. The van der Waals surface area contributed by atoms with Crippen molar-refractivity contribution in [3.05, 3.63) is 53.3 Å². The van der Waals surface area contributed by atoms with Crippen molar-refractivity contribution in [3.63, 3.8) is 0 Å². The average molecular weight is 399 g/mol. The molecule has 2 aromatic rings. The first-order chi connectivity index (χ1) is 12.2. The first kappa shape index (κ1) is 20.2. The minimum atomic E-state index is -3.95. The number of aromatic nitrogens is 1. The standard InChI is InChI=1S/C17H19ClN2O5S/c1-11(2)16(17(22)25-10-15(21)14-4-3-9-19-14)20-26(23,24)13-7-5-12(18)6-8-13/h3-9,11,16,19-20H,10H2,1-2H3. The van der Waals surface area contributed by atoms with E-state index in [0.717, 1.165) is 0 Å². The number of ether oxygens (including phenoxy) is 1. The normalized spacial score (nSPS) is 12.8. The second kappa shape index (κ2) is 8.48. The summed E-state index contributed by atoms with van der Waals surface area (Å²) in [5, 5.41) is 0.395. The van der Waals surface area contributed by atoms with Gasteiger partial charge in [0.05, 0.1) is 10.6 Å². The molecule has 1 heterocycles. The summed E-state index contributed by atoms with van der Waals surface area (Å²) in [7, 11) is -3.95. The van der Waals surface area contributed by atoms with Gasteiger partial charge >= 0.3 is 5.97 Å². The van der Waals surface area contributed by atoms with Gasteiger partial charge in [0.25, 0.3) is 0 Å². The summed E-state index contributed by atoms with van der Waals surface area (Å²) in [4.78, 5) is 26.9. The molecule has 140 valence electrons. The van der Waals surface area contributed by atoms with Crippen LogP contribution in [0.15, 0.2) is 47.5 Å². The summed E-state index contributed by atoms with van der Waals surface area (Å²) in [5.74, 6) is -1.62. The van der Waals surface area contributed by atoms with Crippen LogP contribution >= 0.6 is 11.6 Å². The zero-order valence-electron chi connectivity index (χ0n) is 14.2. The largest absolute Gasteiger partial charge is 0.456 e. The lowest BCUT2D eigenvalue weighted by Crippen LogP contribution is -2.45. The third-order valence-corrected chi connectivity index (χ3v) is 5.28. The van der Waals surface area contributed by atoms with E-state index in [2.05, 4.69) is 9.71 Å². The van der Waals surface area contributed by atoms with Crippen LogP contribution in [-0.4, -0.2) is 37.8 Å². The third kappa shape index (κ3) is 5.17. The Kier molecular flexibility index (Phi) is 6.57. The van der Waals surface area contributed by atoms with Crippen LogP contribution in [0.4, 0.5) is 0 Å². The molecule has 0 aliphatic heterocycles. The van der Waals surface area contributed by atoms with Gasteiger partial charge in [0, 0.05) is 11.2 Å². The van der Waals surface area contributed by atoms with Crippen molar-refractivity contribution in [2.75, 3.05) is 6.61 Å². The molecule has 1 unspecified atom stereocenters. The predicted octanol–water partition coefficient (Wildman–Crippen LogP) is 2.40. The molecule has 9 heteroatoms. The van der Waals surface area contributed by atoms with Gasteiger partial charge in [-0.25, -0.2) is 8.42 Å². The average Bonchev–Trinajstić information content (AvgIpc) is 3.12. The van der Waals surface area contributed by atoms with Crippen LogP contribution in [0.3, 0.4) is 0 Å². The van der Waals surface area contributed by atoms with E-state index < -0.39 is 34.4 Å². The van der Waals surface area contributed by atoms with Gasteiger partial charge in [-0.1, -0.05) is 25.4 Å². The molecule has 0 saturated carbocycles. The molecule has 0 saturated heterocycles. The molecule has 0 bridgehead atoms. The molecule has 0 spiro atoms. The van der Waals surface area contributed by atoms with Crippen molar-refractivity contribution in [1.82, 2.24) is 9.71 Å². The first-order valence-electron chi connectivity index (χ1n) is 7.82. The highest BCUT2D eigenvalue weighted by atomic mass is 35.5.